The van der Waals surface area contributed by atoms with Crippen molar-refractivity contribution >= 4 is 5.84 Å². The Morgan fingerprint density at radius 3 is 2.94 bits per heavy atom. The molecule has 0 spiro atoms. The molecule has 1 atom stereocenters. The Hall–Kier alpha value is -1.46. The summed E-state index contributed by atoms with van der Waals surface area (Å²) >= 11 is 0. The molecule has 5 heteroatoms. The topological polar surface area (TPSA) is 86.2 Å². The maximum atomic E-state index is 9.02. The van der Waals surface area contributed by atoms with Gasteiger partial charge in [0, 0.05) is 18.8 Å². The lowest BCUT2D eigenvalue weighted by molar-refractivity contribution is 0.154. The smallest absolute Gasteiger partial charge is 0.141 e. The monoisotopic (exact) mass is 222 g/mol. The fraction of sp³-hybridized carbons (Fsp3) is 0.455. The highest BCUT2D eigenvalue weighted by Gasteiger charge is 2.09. The molecule has 0 aromatic carbocycles. The quantitative estimate of drug-likeness (QED) is 0.490. The van der Waals surface area contributed by atoms with E-state index in [-0.39, 0.29) is 18.5 Å². The summed E-state index contributed by atoms with van der Waals surface area (Å²) in [6.45, 7) is 2.78. The second-order valence-corrected chi connectivity index (χ2v) is 3.91. The fourth-order valence-corrected chi connectivity index (χ4v) is 1.30. The van der Waals surface area contributed by atoms with Gasteiger partial charge in [0.15, 0.2) is 0 Å². The Bertz CT molecular complexity index is 367. The molecule has 0 saturated heterocycles. The molecule has 1 rings (SSSR count). The highest BCUT2D eigenvalue weighted by molar-refractivity contribution is 5.93. The molecule has 1 heterocycles. The molecule has 88 valence electrons. The first-order valence-electron chi connectivity index (χ1n) is 5.15. The minimum Gasteiger partial charge on any atom is -0.395 e. The van der Waals surface area contributed by atoms with Crippen molar-refractivity contribution in [2.24, 2.45) is 5.73 Å². The molecule has 0 amide bonds. The van der Waals surface area contributed by atoms with E-state index in [0.717, 1.165) is 5.56 Å². The van der Waals surface area contributed by atoms with E-state index in [1.165, 1.54) is 0 Å². The van der Waals surface area contributed by atoms with Crippen molar-refractivity contribution in [3.8, 4) is 0 Å². The van der Waals surface area contributed by atoms with E-state index < -0.39 is 0 Å². The fourth-order valence-electron chi connectivity index (χ4n) is 1.30. The number of rotatable bonds is 5. The Labute approximate surface area is 95.4 Å². The van der Waals surface area contributed by atoms with Crippen LogP contribution >= 0.6 is 0 Å². The van der Waals surface area contributed by atoms with E-state index in [1.807, 2.05) is 24.9 Å². The number of aromatic nitrogens is 1. The summed E-state index contributed by atoms with van der Waals surface area (Å²) in [5, 5.41) is 16.3. The molecule has 0 aliphatic heterocycles. The SMILES string of the molecule is CC(CO)N(C)Cc1ccnc(C(=N)N)c1. The van der Waals surface area contributed by atoms with Crippen molar-refractivity contribution in [1.82, 2.24) is 9.88 Å². The number of likely N-dealkylation sites (N-methyl/N-ethyl adjacent to an activating group) is 1. The average molecular weight is 222 g/mol. The van der Waals surface area contributed by atoms with Gasteiger partial charge in [0.05, 0.1) is 6.61 Å². The predicted octanol–water partition coefficient (Wildman–Crippen LogP) is 0.178. The molecule has 0 aliphatic carbocycles. The van der Waals surface area contributed by atoms with Gasteiger partial charge in [0.2, 0.25) is 0 Å². The molecule has 1 aromatic rings. The number of hydrogen-bond acceptors (Lipinski definition) is 4. The van der Waals surface area contributed by atoms with Gasteiger partial charge in [-0.15, -0.1) is 0 Å². The van der Waals surface area contributed by atoms with Gasteiger partial charge < -0.3 is 10.8 Å². The maximum Gasteiger partial charge on any atom is 0.141 e. The minimum absolute atomic E-state index is 0.0280. The lowest BCUT2D eigenvalue weighted by Gasteiger charge is -2.22. The largest absolute Gasteiger partial charge is 0.395 e. The number of aliphatic hydroxyl groups excluding tert-OH is 1. The van der Waals surface area contributed by atoms with Crippen LogP contribution in [0.4, 0.5) is 0 Å². The van der Waals surface area contributed by atoms with Crippen molar-refractivity contribution < 1.29 is 5.11 Å². The summed E-state index contributed by atoms with van der Waals surface area (Å²) in [4.78, 5) is 6.02. The third-order valence-electron chi connectivity index (χ3n) is 2.55. The minimum atomic E-state index is -0.0280. The van der Waals surface area contributed by atoms with E-state index in [4.69, 9.17) is 16.2 Å². The number of aliphatic hydroxyl groups is 1. The van der Waals surface area contributed by atoms with Crippen molar-refractivity contribution in [1.29, 1.82) is 5.41 Å². The van der Waals surface area contributed by atoms with Crippen LogP contribution in [0.25, 0.3) is 0 Å². The van der Waals surface area contributed by atoms with Gasteiger partial charge in [0.25, 0.3) is 0 Å². The zero-order chi connectivity index (χ0) is 12.1. The first kappa shape index (κ1) is 12.6. The zero-order valence-electron chi connectivity index (χ0n) is 9.64. The summed E-state index contributed by atoms with van der Waals surface area (Å²) < 4.78 is 0. The molecule has 1 aromatic heterocycles. The van der Waals surface area contributed by atoms with Gasteiger partial charge in [0.1, 0.15) is 11.5 Å². The van der Waals surface area contributed by atoms with E-state index in [2.05, 4.69) is 4.98 Å². The van der Waals surface area contributed by atoms with Crippen molar-refractivity contribution in [3.05, 3.63) is 29.6 Å². The van der Waals surface area contributed by atoms with Crippen LogP contribution in [0.3, 0.4) is 0 Å². The number of amidine groups is 1. The van der Waals surface area contributed by atoms with Gasteiger partial charge in [-0.25, -0.2) is 0 Å². The molecule has 4 N–H and O–H groups in total. The number of nitrogens with one attached hydrogen (secondary N) is 1. The lowest BCUT2D eigenvalue weighted by atomic mass is 10.2. The van der Waals surface area contributed by atoms with Gasteiger partial charge in [-0.3, -0.25) is 15.3 Å². The normalized spacial score (nSPS) is 12.8. The molecule has 0 fully saturated rings. The van der Waals surface area contributed by atoms with Crippen LogP contribution in [-0.2, 0) is 6.54 Å². The van der Waals surface area contributed by atoms with Crippen LogP contribution in [0.5, 0.6) is 0 Å². The van der Waals surface area contributed by atoms with Crippen LogP contribution < -0.4 is 5.73 Å². The molecule has 1 unspecified atom stereocenters. The molecular formula is C11H18N4O. The number of nitrogens with two attached hydrogens (primary N) is 1. The van der Waals surface area contributed by atoms with Gasteiger partial charge in [-0.1, -0.05) is 0 Å². The summed E-state index contributed by atoms with van der Waals surface area (Å²) in [6, 6.07) is 3.78. The van der Waals surface area contributed by atoms with Gasteiger partial charge in [-0.05, 0) is 31.7 Å². The molecule has 0 aliphatic rings. The number of nitrogen functional groups attached to an aromatic ring is 1. The highest BCUT2D eigenvalue weighted by atomic mass is 16.3. The van der Waals surface area contributed by atoms with Crippen LogP contribution in [0.1, 0.15) is 18.2 Å². The predicted molar refractivity (Wildman–Crippen MR) is 63.3 cm³/mol. The maximum absolute atomic E-state index is 9.02. The molecule has 0 saturated carbocycles. The molecule has 0 bridgehead atoms. The van der Waals surface area contributed by atoms with Crippen molar-refractivity contribution in [2.75, 3.05) is 13.7 Å². The number of pyridine rings is 1. The van der Waals surface area contributed by atoms with Crippen LogP contribution in [0, 0.1) is 5.41 Å². The van der Waals surface area contributed by atoms with Crippen molar-refractivity contribution in [3.63, 3.8) is 0 Å². The summed E-state index contributed by atoms with van der Waals surface area (Å²) in [5.41, 5.74) is 6.89. The van der Waals surface area contributed by atoms with Crippen molar-refractivity contribution in [2.45, 2.75) is 19.5 Å². The second kappa shape index (κ2) is 5.58. The van der Waals surface area contributed by atoms with E-state index >= 15 is 0 Å². The average Bonchev–Trinajstić information content (AvgIpc) is 2.28. The molecular weight excluding hydrogens is 204 g/mol. The van der Waals surface area contributed by atoms with E-state index in [9.17, 15) is 0 Å². The van der Waals surface area contributed by atoms with E-state index in [0.29, 0.717) is 12.2 Å². The highest BCUT2D eigenvalue weighted by Crippen LogP contribution is 2.06. The summed E-state index contributed by atoms with van der Waals surface area (Å²) in [5.74, 6) is -0.0280. The van der Waals surface area contributed by atoms with Gasteiger partial charge in [-0.2, -0.15) is 0 Å². The second-order valence-electron chi connectivity index (χ2n) is 3.91. The number of nitrogens with zero attached hydrogens (tertiary/aromatic N) is 2. The molecule has 5 nitrogen and oxygen atoms in total. The first-order chi connectivity index (χ1) is 7.54. The Morgan fingerprint density at radius 2 is 2.38 bits per heavy atom. The zero-order valence-corrected chi connectivity index (χ0v) is 9.64. The Balaban J connectivity index is 2.74. The summed E-state index contributed by atoms with van der Waals surface area (Å²) in [7, 11) is 1.94. The van der Waals surface area contributed by atoms with Gasteiger partial charge >= 0.3 is 0 Å². The third-order valence-corrected chi connectivity index (χ3v) is 2.55. The summed E-state index contributed by atoms with van der Waals surface area (Å²) in [6.07, 6.45) is 1.64. The Morgan fingerprint density at radius 1 is 1.69 bits per heavy atom. The third kappa shape index (κ3) is 3.29. The van der Waals surface area contributed by atoms with Crippen LogP contribution in [-0.4, -0.2) is 40.5 Å². The lowest BCUT2D eigenvalue weighted by Crippen LogP contribution is -2.31. The van der Waals surface area contributed by atoms with E-state index in [1.54, 1.807) is 12.3 Å². The van der Waals surface area contributed by atoms with Crippen LogP contribution in [0.15, 0.2) is 18.3 Å². The Kier molecular flexibility index (Phi) is 4.39. The molecule has 0 radical (unpaired) electrons. The standard InChI is InChI=1S/C11H18N4O/c1-8(7-16)15(2)6-9-3-4-14-10(5-9)11(12)13/h3-5,8,16H,6-7H2,1-2H3,(H3,12,13). The first-order valence-corrected chi connectivity index (χ1v) is 5.15. The number of hydrogen-bond donors (Lipinski definition) is 3. The van der Waals surface area contributed by atoms with Crippen LogP contribution in [0.2, 0.25) is 0 Å². The molecule has 16 heavy (non-hydrogen) atoms.